The number of hydrogen-bond acceptors (Lipinski definition) is 5. The van der Waals surface area contributed by atoms with Gasteiger partial charge in [0.15, 0.2) is 6.04 Å². The SMILES string of the molecule is CNCNNC(=O)C1NCC2CC(C3CCNC3C3CCC(F)=C(C)C3)C=[N+]21. The Morgan fingerprint density at radius 3 is 3.00 bits per heavy atom. The number of carbonyl (C=O) groups is 1. The molecule has 1 aliphatic carbocycles. The molecule has 28 heavy (non-hydrogen) atoms. The number of hydrogen-bond donors (Lipinski definition) is 5. The van der Waals surface area contributed by atoms with Crippen molar-refractivity contribution >= 4 is 12.1 Å². The number of nitrogens with zero attached hydrogens (tertiary/aromatic N) is 1. The lowest BCUT2D eigenvalue weighted by Gasteiger charge is -2.33. The van der Waals surface area contributed by atoms with Crippen molar-refractivity contribution in [3.05, 3.63) is 11.4 Å². The van der Waals surface area contributed by atoms with Gasteiger partial charge in [-0.25, -0.2) is 19.7 Å². The van der Waals surface area contributed by atoms with Gasteiger partial charge < -0.3 is 10.6 Å². The fourth-order valence-electron chi connectivity index (χ4n) is 5.66. The van der Waals surface area contributed by atoms with Crippen LogP contribution in [0.25, 0.3) is 0 Å². The first-order valence-electron chi connectivity index (χ1n) is 10.7. The maximum absolute atomic E-state index is 13.8. The van der Waals surface area contributed by atoms with Crippen molar-refractivity contribution in [2.24, 2.45) is 17.8 Å². The zero-order valence-electron chi connectivity index (χ0n) is 16.9. The minimum atomic E-state index is -0.305. The number of nitrogens with one attached hydrogen (secondary N) is 5. The highest BCUT2D eigenvalue weighted by molar-refractivity contribution is 5.80. The van der Waals surface area contributed by atoms with E-state index in [-0.39, 0.29) is 17.9 Å². The van der Waals surface area contributed by atoms with Crippen LogP contribution in [0.2, 0.25) is 0 Å². The van der Waals surface area contributed by atoms with E-state index in [0.717, 1.165) is 37.9 Å². The summed E-state index contributed by atoms with van der Waals surface area (Å²) in [6.07, 6.45) is 6.69. The molecule has 1 amide bonds. The molecule has 4 rings (SSSR count). The number of rotatable bonds is 6. The molecular weight excluding hydrogens is 359 g/mol. The zero-order chi connectivity index (χ0) is 19.7. The number of fused-ring (bicyclic) bond motifs is 1. The molecule has 0 saturated carbocycles. The van der Waals surface area contributed by atoms with Crippen LogP contribution in [0, 0.1) is 17.8 Å². The van der Waals surface area contributed by atoms with Crippen LogP contribution in [-0.4, -0.2) is 61.8 Å². The average Bonchev–Trinajstić information content (AvgIpc) is 3.38. The summed E-state index contributed by atoms with van der Waals surface area (Å²) in [5.41, 5.74) is 6.58. The molecule has 0 radical (unpaired) electrons. The molecule has 0 aromatic carbocycles. The fourth-order valence-corrected chi connectivity index (χ4v) is 5.66. The van der Waals surface area contributed by atoms with Gasteiger partial charge in [-0.2, -0.15) is 0 Å². The monoisotopic (exact) mass is 393 g/mol. The molecule has 4 aliphatic rings. The van der Waals surface area contributed by atoms with E-state index in [9.17, 15) is 9.18 Å². The van der Waals surface area contributed by atoms with Crippen molar-refractivity contribution in [3.8, 4) is 0 Å². The van der Waals surface area contributed by atoms with E-state index in [1.54, 1.807) is 0 Å². The molecule has 2 saturated heterocycles. The lowest BCUT2D eigenvalue weighted by atomic mass is 9.74. The molecule has 3 aliphatic heterocycles. The first-order chi connectivity index (χ1) is 13.6. The van der Waals surface area contributed by atoms with Crippen LogP contribution >= 0.6 is 0 Å². The highest BCUT2D eigenvalue weighted by Gasteiger charge is 2.50. The first kappa shape index (κ1) is 19.9. The predicted octanol–water partition coefficient (Wildman–Crippen LogP) is 0.207. The molecule has 156 valence electrons. The largest absolute Gasteiger partial charge is 0.319 e. The van der Waals surface area contributed by atoms with Crippen molar-refractivity contribution in [2.45, 2.75) is 57.3 Å². The Morgan fingerprint density at radius 2 is 2.21 bits per heavy atom. The number of carbonyl (C=O) groups excluding carboxylic acids is 1. The summed E-state index contributed by atoms with van der Waals surface area (Å²) in [5, 5.41) is 10.0. The van der Waals surface area contributed by atoms with Crippen LogP contribution in [0.3, 0.4) is 0 Å². The summed E-state index contributed by atoms with van der Waals surface area (Å²) < 4.78 is 16.0. The quantitative estimate of drug-likeness (QED) is 0.193. The van der Waals surface area contributed by atoms with E-state index in [0.29, 0.717) is 42.9 Å². The second kappa shape index (κ2) is 8.57. The zero-order valence-corrected chi connectivity index (χ0v) is 16.9. The van der Waals surface area contributed by atoms with Crippen LogP contribution in [0.5, 0.6) is 0 Å². The van der Waals surface area contributed by atoms with Gasteiger partial charge in [-0.3, -0.25) is 10.2 Å². The topological polar surface area (TPSA) is 80.2 Å². The lowest BCUT2D eigenvalue weighted by molar-refractivity contribution is -0.555. The molecule has 0 spiro atoms. The van der Waals surface area contributed by atoms with Gasteiger partial charge >= 0.3 is 5.91 Å². The van der Waals surface area contributed by atoms with Crippen molar-refractivity contribution in [2.75, 3.05) is 26.8 Å². The summed E-state index contributed by atoms with van der Waals surface area (Å²) in [7, 11) is 1.83. The maximum Gasteiger partial charge on any atom is 0.319 e. The second-order valence-corrected chi connectivity index (χ2v) is 8.78. The molecule has 8 heteroatoms. The van der Waals surface area contributed by atoms with Crippen molar-refractivity contribution in [1.82, 2.24) is 26.8 Å². The minimum absolute atomic E-state index is 0.0423. The number of halogens is 1. The second-order valence-electron chi connectivity index (χ2n) is 8.78. The van der Waals surface area contributed by atoms with Crippen molar-refractivity contribution in [1.29, 1.82) is 0 Å². The van der Waals surface area contributed by atoms with E-state index in [1.165, 1.54) is 6.42 Å². The Labute approximate surface area is 166 Å². The highest BCUT2D eigenvalue weighted by atomic mass is 19.1. The summed E-state index contributed by atoms with van der Waals surface area (Å²) in [6, 6.07) is 0.846. The van der Waals surface area contributed by atoms with Crippen molar-refractivity contribution < 1.29 is 13.8 Å². The average molecular weight is 394 g/mol. The van der Waals surface area contributed by atoms with Crippen molar-refractivity contribution in [3.63, 3.8) is 0 Å². The number of hydrazine groups is 1. The molecule has 5 N–H and O–H groups in total. The van der Waals surface area contributed by atoms with Gasteiger partial charge in [0.2, 0.25) is 0 Å². The first-order valence-corrected chi connectivity index (χ1v) is 10.7. The molecule has 0 aromatic heterocycles. The molecule has 6 atom stereocenters. The standard InChI is InChI=1S/C20H33FN6O/c1-12-7-13(3-4-17(12)21)18-16(5-6-23-18)14-8-15-9-24-19(27(15)10-14)20(28)26-25-11-22-2/h10,13-16,18-19,22-25H,3-9,11H2,1-2H3/p+1. The molecule has 2 fully saturated rings. The molecule has 0 aromatic rings. The molecule has 7 nitrogen and oxygen atoms in total. The Kier molecular flexibility index (Phi) is 6.10. The summed E-state index contributed by atoms with van der Waals surface area (Å²) >= 11 is 0. The van der Waals surface area contributed by atoms with Gasteiger partial charge in [-0.1, -0.05) is 0 Å². The normalized spacial score (nSPS) is 37.9. The van der Waals surface area contributed by atoms with Crippen LogP contribution in [-0.2, 0) is 4.79 Å². The smallest absolute Gasteiger partial charge is 0.313 e. The van der Waals surface area contributed by atoms with Gasteiger partial charge in [-0.05, 0) is 63.6 Å². The third-order valence-corrected chi connectivity index (χ3v) is 7.04. The summed E-state index contributed by atoms with van der Waals surface area (Å²) in [5.74, 6) is 1.66. The van der Waals surface area contributed by atoms with E-state index < -0.39 is 0 Å². The molecule has 3 heterocycles. The van der Waals surface area contributed by atoms with Crippen LogP contribution < -0.4 is 26.8 Å². The Morgan fingerprint density at radius 1 is 1.36 bits per heavy atom. The summed E-state index contributed by atoms with van der Waals surface area (Å²) in [6.45, 7) is 4.36. The van der Waals surface area contributed by atoms with Gasteiger partial charge in [0.05, 0.1) is 19.0 Å². The minimum Gasteiger partial charge on any atom is -0.313 e. The fraction of sp³-hybridized carbons (Fsp3) is 0.800. The third kappa shape index (κ3) is 3.87. The Bertz CT molecular complexity index is 665. The van der Waals surface area contributed by atoms with Crippen LogP contribution in [0.1, 0.15) is 39.0 Å². The third-order valence-electron chi connectivity index (χ3n) is 7.04. The van der Waals surface area contributed by atoms with Gasteiger partial charge in [0, 0.05) is 18.4 Å². The van der Waals surface area contributed by atoms with E-state index in [4.69, 9.17) is 0 Å². The van der Waals surface area contributed by atoms with Crippen LogP contribution in [0.4, 0.5) is 4.39 Å². The van der Waals surface area contributed by atoms with E-state index >= 15 is 0 Å². The maximum atomic E-state index is 13.8. The summed E-state index contributed by atoms with van der Waals surface area (Å²) in [4.78, 5) is 12.5. The van der Waals surface area contributed by atoms with Crippen LogP contribution in [0.15, 0.2) is 11.4 Å². The number of allylic oxidation sites excluding steroid dienone is 2. The van der Waals surface area contributed by atoms with Gasteiger partial charge in [0.25, 0.3) is 6.17 Å². The molecule has 0 bridgehead atoms. The Hall–Kier alpha value is -1.35. The Balaban J connectivity index is 1.42. The van der Waals surface area contributed by atoms with E-state index in [1.807, 2.05) is 14.0 Å². The molecular formula is C20H34FN6O+. The highest BCUT2D eigenvalue weighted by Crippen LogP contribution is 2.40. The lowest BCUT2D eigenvalue weighted by Crippen LogP contribution is -2.52. The van der Waals surface area contributed by atoms with Gasteiger partial charge in [-0.15, -0.1) is 0 Å². The predicted molar refractivity (Wildman–Crippen MR) is 106 cm³/mol. The van der Waals surface area contributed by atoms with Gasteiger partial charge in [0.1, 0.15) is 6.21 Å². The van der Waals surface area contributed by atoms with E-state index in [2.05, 4.69) is 37.6 Å². The number of amides is 1. The molecule has 6 unspecified atom stereocenters.